The molecule has 1 amide bonds. The van der Waals surface area contributed by atoms with Crippen LogP contribution < -0.4 is 16.0 Å². The van der Waals surface area contributed by atoms with Crippen molar-refractivity contribution >= 4 is 23.6 Å². The number of amides is 1. The van der Waals surface area contributed by atoms with Gasteiger partial charge in [0.25, 0.3) is 0 Å². The number of hydrogen-bond acceptors (Lipinski definition) is 7. The lowest BCUT2D eigenvalue weighted by Crippen LogP contribution is -2.39. The standard InChI is InChI=1S/C21H28ClFN6O2/c1-13(2)26-20-25-11-15-7-9-29(12-19(15)27-20)31-21(30)28-18(6-8-24-3)14-4-5-16(22)17(23)10-14/h4-5,10-11,13,18,24H,6-9,12H2,1-3H3,(H,28,30)(H,25,26,27). The maximum Gasteiger partial charge on any atom is 0.426 e. The number of fused-ring (bicyclic) bond motifs is 1. The molecule has 2 heterocycles. The summed E-state index contributed by atoms with van der Waals surface area (Å²) in [6.45, 7) is 5.57. The molecule has 3 rings (SSSR count). The molecule has 168 valence electrons. The van der Waals surface area contributed by atoms with Crippen LogP contribution in [0.15, 0.2) is 24.4 Å². The van der Waals surface area contributed by atoms with Crippen molar-refractivity contribution in [3.8, 4) is 0 Å². The van der Waals surface area contributed by atoms with Gasteiger partial charge in [0.1, 0.15) is 5.82 Å². The summed E-state index contributed by atoms with van der Waals surface area (Å²) in [7, 11) is 1.81. The highest BCUT2D eigenvalue weighted by Crippen LogP contribution is 2.23. The van der Waals surface area contributed by atoms with E-state index in [1.807, 2.05) is 27.1 Å². The number of nitrogens with one attached hydrogen (secondary N) is 3. The van der Waals surface area contributed by atoms with Gasteiger partial charge in [-0.1, -0.05) is 17.7 Å². The Hall–Kier alpha value is -2.49. The molecule has 1 aromatic heterocycles. The Kier molecular flexibility index (Phi) is 8.00. The molecular formula is C21H28ClFN6O2. The smallest absolute Gasteiger partial charge is 0.352 e. The zero-order valence-corrected chi connectivity index (χ0v) is 18.7. The first-order valence-corrected chi connectivity index (χ1v) is 10.7. The highest BCUT2D eigenvalue weighted by molar-refractivity contribution is 6.30. The lowest BCUT2D eigenvalue weighted by Gasteiger charge is -2.28. The van der Waals surface area contributed by atoms with Crippen molar-refractivity contribution in [2.75, 3.05) is 25.5 Å². The number of carbonyl (C=O) groups is 1. The van der Waals surface area contributed by atoms with Gasteiger partial charge in [0.15, 0.2) is 0 Å². The maximum atomic E-state index is 13.9. The fourth-order valence-electron chi connectivity index (χ4n) is 3.31. The largest absolute Gasteiger partial charge is 0.426 e. The van der Waals surface area contributed by atoms with E-state index in [4.69, 9.17) is 16.4 Å². The molecule has 0 aliphatic carbocycles. The summed E-state index contributed by atoms with van der Waals surface area (Å²) in [6, 6.07) is 4.30. The zero-order chi connectivity index (χ0) is 22.4. The van der Waals surface area contributed by atoms with Crippen molar-refractivity contribution in [1.29, 1.82) is 0 Å². The predicted octanol–water partition coefficient (Wildman–Crippen LogP) is 3.44. The molecule has 2 aromatic rings. The summed E-state index contributed by atoms with van der Waals surface area (Å²) in [5, 5.41) is 10.6. The van der Waals surface area contributed by atoms with Gasteiger partial charge >= 0.3 is 6.09 Å². The third kappa shape index (κ3) is 6.49. The molecule has 0 bridgehead atoms. The molecule has 3 N–H and O–H groups in total. The molecular weight excluding hydrogens is 423 g/mol. The number of hydrogen-bond donors (Lipinski definition) is 3. The summed E-state index contributed by atoms with van der Waals surface area (Å²) in [6.07, 6.45) is 2.45. The number of nitrogens with zero attached hydrogens (tertiary/aromatic N) is 3. The summed E-state index contributed by atoms with van der Waals surface area (Å²) >= 11 is 5.78. The van der Waals surface area contributed by atoms with E-state index in [1.165, 1.54) is 12.1 Å². The molecule has 1 atom stereocenters. The molecule has 10 heteroatoms. The molecule has 1 aromatic carbocycles. The Balaban J connectivity index is 1.63. The van der Waals surface area contributed by atoms with Crippen molar-refractivity contribution in [2.24, 2.45) is 0 Å². The van der Waals surface area contributed by atoms with E-state index in [1.54, 1.807) is 11.1 Å². The normalized spacial score (nSPS) is 14.8. The van der Waals surface area contributed by atoms with E-state index in [-0.39, 0.29) is 11.1 Å². The lowest BCUT2D eigenvalue weighted by molar-refractivity contribution is -0.112. The van der Waals surface area contributed by atoms with E-state index in [0.29, 0.717) is 44.0 Å². The molecule has 1 aliphatic heterocycles. The van der Waals surface area contributed by atoms with Gasteiger partial charge < -0.3 is 20.8 Å². The van der Waals surface area contributed by atoms with Crippen LogP contribution in [0.2, 0.25) is 5.02 Å². The van der Waals surface area contributed by atoms with Crippen LogP contribution in [-0.4, -0.2) is 47.3 Å². The maximum absolute atomic E-state index is 13.9. The number of anilines is 1. The number of hydroxylamine groups is 2. The Morgan fingerprint density at radius 3 is 2.90 bits per heavy atom. The van der Waals surface area contributed by atoms with E-state index < -0.39 is 18.0 Å². The summed E-state index contributed by atoms with van der Waals surface area (Å²) < 4.78 is 13.9. The van der Waals surface area contributed by atoms with Crippen molar-refractivity contribution in [3.63, 3.8) is 0 Å². The van der Waals surface area contributed by atoms with E-state index in [0.717, 1.165) is 11.3 Å². The molecule has 0 fully saturated rings. The quantitative estimate of drug-likeness (QED) is 0.567. The molecule has 8 nitrogen and oxygen atoms in total. The summed E-state index contributed by atoms with van der Waals surface area (Å²) in [4.78, 5) is 27.0. The molecule has 0 spiro atoms. The topological polar surface area (TPSA) is 91.4 Å². The minimum Gasteiger partial charge on any atom is -0.352 e. The Morgan fingerprint density at radius 2 is 2.19 bits per heavy atom. The molecule has 0 saturated heterocycles. The monoisotopic (exact) mass is 450 g/mol. The van der Waals surface area contributed by atoms with Crippen LogP contribution in [0.25, 0.3) is 0 Å². The third-order valence-corrected chi connectivity index (χ3v) is 5.17. The van der Waals surface area contributed by atoms with Gasteiger partial charge in [0.2, 0.25) is 5.95 Å². The zero-order valence-electron chi connectivity index (χ0n) is 17.9. The van der Waals surface area contributed by atoms with Crippen LogP contribution in [0.5, 0.6) is 0 Å². The Bertz CT molecular complexity index is 913. The highest BCUT2D eigenvalue weighted by Gasteiger charge is 2.24. The average molecular weight is 451 g/mol. The minimum atomic E-state index is -0.602. The molecule has 0 saturated carbocycles. The first-order valence-electron chi connectivity index (χ1n) is 10.3. The van der Waals surface area contributed by atoms with E-state index in [9.17, 15) is 9.18 Å². The average Bonchev–Trinajstić information content (AvgIpc) is 2.72. The molecule has 31 heavy (non-hydrogen) atoms. The molecule has 0 radical (unpaired) electrons. The van der Waals surface area contributed by atoms with Crippen molar-refractivity contribution in [3.05, 3.63) is 52.1 Å². The highest BCUT2D eigenvalue weighted by atomic mass is 35.5. The van der Waals surface area contributed by atoms with Crippen LogP contribution in [0.3, 0.4) is 0 Å². The van der Waals surface area contributed by atoms with Gasteiger partial charge in [-0.05, 0) is 63.5 Å². The number of halogens is 2. The first-order chi connectivity index (χ1) is 14.9. The Labute approximate surface area is 186 Å². The molecule has 1 aliphatic rings. The van der Waals surface area contributed by atoms with Crippen LogP contribution in [0, 0.1) is 5.82 Å². The second kappa shape index (κ2) is 10.7. The van der Waals surface area contributed by atoms with E-state index >= 15 is 0 Å². The first kappa shape index (κ1) is 23.2. The SMILES string of the molecule is CNCCC(NC(=O)ON1CCc2cnc(NC(C)C)nc2C1)c1ccc(Cl)c(F)c1. The van der Waals surface area contributed by atoms with Crippen LogP contribution >= 0.6 is 11.6 Å². The van der Waals surface area contributed by atoms with Crippen molar-refractivity contribution in [1.82, 2.24) is 25.7 Å². The van der Waals surface area contributed by atoms with Gasteiger partial charge in [0, 0.05) is 18.8 Å². The van der Waals surface area contributed by atoms with Crippen LogP contribution in [0.4, 0.5) is 15.1 Å². The van der Waals surface area contributed by atoms with Gasteiger partial charge in [-0.25, -0.2) is 19.2 Å². The lowest BCUT2D eigenvalue weighted by atomic mass is 10.0. The summed E-state index contributed by atoms with van der Waals surface area (Å²) in [5.74, 6) is 0.0267. The fraction of sp³-hybridized carbons (Fsp3) is 0.476. The second-order valence-corrected chi connectivity index (χ2v) is 8.13. The second-order valence-electron chi connectivity index (χ2n) is 7.72. The molecule has 1 unspecified atom stereocenters. The summed E-state index contributed by atoms with van der Waals surface area (Å²) in [5.41, 5.74) is 2.48. The third-order valence-electron chi connectivity index (χ3n) is 4.86. The fourth-order valence-corrected chi connectivity index (χ4v) is 3.43. The van der Waals surface area contributed by atoms with Crippen LogP contribution in [0.1, 0.15) is 43.1 Å². The number of aromatic nitrogens is 2. The number of rotatable bonds is 8. The van der Waals surface area contributed by atoms with Crippen molar-refractivity contribution < 1.29 is 14.0 Å². The number of carbonyl (C=O) groups excluding carboxylic acids is 1. The number of benzene rings is 1. The Morgan fingerprint density at radius 1 is 1.39 bits per heavy atom. The van der Waals surface area contributed by atoms with Gasteiger partial charge in [-0.15, -0.1) is 5.06 Å². The van der Waals surface area contributed by atoms with Gasteiger partial charge in [-0.3, -0.25) is 0 Å². The van der Waals surface area contributed by atoms with E-state index in [2.05, 4.69) is 25.9 Å². The van der Waals surface area contributed by atoms with Gasteiger partial charge in [0.05, 0.1) is 23.3 Å². The predicted molar refractivity (Wildman–Crippen MR) is 117 cm³/mol. The van der Waals surface area contributed by atoms with Gasteiger partial charge in [-0.2, -0.15) is 0 Å². The van der Waals surface area contributed by atoms with Crippen LogP contribution in [-0.2, 0) is 17.8 Å². The minimum absolute atomic E-state index is 0.0407. The van der Waals surface area contributed by atoms with Crippen molar-refractivity contribution in [2.45, 2.75) is 45.3 Å².